The Morgan fingerprint density at radius 3 is 2.52 bits per heavy atom. The van der Waals surface area contributed by atoms with Crippen LogP contribution in [-0.2, 0) is 0 Å². The van der Waals surface area contributed by atoms with Gasteiger partial charge in [-0.15, -0.1) is 0 Å². The van der Waals surface area contributed by atoms with Gasteiger partial charge in [-0.3, -0.25) is 0 Å². The molecular formula is C17H11BrN2O. The van der Waals surface area contributed by atoms with Gasteiger partial charge in [0.2, 0.25) is 0 Å². The van der Waals surface area contributed by atoms with Crippen LogP contribution in [0, 0.1) is 0 Å². The van der Waals surface area contributed by atoms with Crippen LogP contribution in [-0.4, -0.2) is 9.97 Å². The van der Waals surface area contributed by atoms with E-state index in [0.29, 0.717) is 0 Å². The minimum atomic E-state index is 0.858. The summed E-state index contributed by atoms with van der Waals surface area (Å²) >= 11 is 3.44. The van der Waals surface area contributed by atoms with Crippen LogP contribution < -0.4 is 0 Å². The van der Waals surface area contributed by atoms with Gasteiger partial charge >= 0.3 is 0 Å². The number of furan rings is 1. The average molecular weight is 339 g/mol. The van der Waals surface area contributed by atoms with E-state index in [9.17, 15) is 0 Å². The van der Waals surface area contributed by atoms with E-state index in [-0.39, 0.29) is 0 Å². The third-order valence-electron chi connectivity index (χ3n) is 3.41. The van der Waals surface area contributed by atoms with Crippen LogP contribution in [0.3, 0.4) is 0 Å². The monoisotopic (exact) mass is 338 g/mol. The molecule has 4 aromatic rings. The Morgan fingerprint density at radius 2 is 1.76 bits per heavy atom. The van der Waals surface area contributed by atoms with Crippen molar-refractivity contribution < 1.29 is 4.42 Å². The van der Waals surface area contributed by atoms with Gasteiger partial charge < -0.3 is 9.40 Å². The summed E-state index contributed by atoms with van der Waals surface area (Å²) in [7, 11) is 0. The molecule has 2 aromatic heterocycles. The van der Waals surface area contributed by atoms with Gasteiger partial charge in [0.1, 0.15) is 11.6 Å². The minimum Gasteiger partial charge on any atom is -0.464 e. The quantitative estimate of drug-likeness (QED) is 0.542. The van der Waals surface area contributed by atoms with Gasteiger partial charge in [0.25, 0.3) is 0 Å². The van der Waals surface area contributed by atoms with E-state index in [4.69, 9.17) is 4.42 Å². The van der Waals surface area contributed by atoms with Crippen molar-refractivity contribution in [1.29, 1.82) is 0 Å². The van der Waals surface area contributed by atoms with Gasteiger partial charge in [-0.1, -0.05) is 28.1 Å². The van der Waals surface area contributed by atoms with E-state index >= 15 is 0 Å². The second-order valence-corrected chi connectivity index (χ2v) is 5.72. The fourth-order valence-electron chi connectivity index (χ4n) is 2.35. The summed E-state index contributed by atoms with van der Waals surface area (Å²) in [6.45, 7) is 0. The highest BCUT2D eigenvalue weighted by atomic mass is 79.9. The molecular weight excluding hydrogens is 328 g/mol. The number of nitrogens with zero attached hydrogens (tertiary/aromatic N) is 1. The van der Waals surface area contributed by atoms with Crippen molar-refractivity contribution in [2.45, 2.75) is 0 Å². The topological polar surface area (TPSA) is 41.8 Å². The first-order valence-electron chi connectivity index (χ1n) is 6.59. The molecule has 0 fully saturated rings. The number of imidazole rings is 1. The zero-order valence-corrected chi connectivity index (χ0v) is 12.6. The van der Waals surface area contributed by atoms with E-state index < -0.39 is 0 Å². The molecule has 0 spiro atoms. The normalized spacial score (nSPS) is 11.1. The molecule has 0 saturated heterocycles. The molecule has 2 heterocycles. The molecule has 3 nitrogen and oxygen atoms in total. The van der Waals surface area contributed by atoms with Crippen LogP contribution in [0.4, 0.5) is 0 Å². The summed E-state index contributed by atoms with van der Waals surface area (Å²) in [6, 6.07) is 18.0. The lowest BCUT2D eigenvalue weighted by atomic mass is 10.1. The first-order valence-corrected chi connectivity index (χ1v) is 7.38. The van der Waals surface area contributed by atoms with Crippen LogP contribution in [0.15, 0.2) is 69.8 Å². The molecule has 21 heavy (non-hydrogen) atoms. The molecule has 0 aliphatic carbocycles. The Balaban J connectivity index is 1.81. The number of hydrogen-bond donors (Lipinski definition) is 1. The van der Waals surface area contributed by atoms with E-state index in [2.05, 4.69) is 32.0 Å². The number of halogens is 1. The lowest BCUT2D eigenvalue weighted by molar-refractivity contribution is 0.582. The largest absolute Gasteiger partial charge is 0.464 e. The zero-order chi connectivity index (χ0) is 14.2. The number of rotatable bonds is 2. The lowest BCUT2D eigenvalue weighted by Crippen LogP contribution is -1.78. The molecule has 0 aliphatic rings. The average Bonchev–Trinajstić information content (AvgIpc) is 3.16. The van der Waals surface area contributed by atoms with Crippen molar-refractivity contribution in [3.05, 3.63) is 65.3 Å². The van der Waals surface area contributed by atoms with Gasteiger partial charge in [-0.25, -0.2) is 4.98 Å². The van der Waals surface area contributed by atoms with Crippen molar-refractivity contribution in [3.63, 3.8) is 0 Å². The van der Waals surface area contributed by atoms with Gasteiger partial charge in [-0.05, 0) is 42.5 Å². The van der Waals surface area contributed by atoms with Crippen LogP contribution in [0.25, 0.3) is 33.7 Å². The van der Waals surface area contributed by atoms with Crippen molar-refractivity contribution in [3.8, 4) is 22.7 Å². The predicted octanol–water partition coefficient (Wildman–Crippen LogP) is 5.25. The van der Waals surface area contributed by atoms with E-state index in [1.165, 1.54) is 0 Å². The van der Waals surface area contributed by atoms with E-state index in [1.807, 2.05) is 48.5 Å². The van der Waals surface area contributed by atoms with Gasteiger partial charge in [0.05, 0.1) is 17.3 Å². The Bertz CT molecular complexity index is 892. The predicted molar refractivity (Wildman–Crippen MR) is 86.9 cm³/mol. The molecule has 0 saturated carbocycles. The Hall–Kier alpha value is -2.33. The molecule has 1 N–H and O–H groups in total. The van der Waals surface area contributed by atoms with E-state index in [0.717, 1.165) is 38.2 Å². The summed E-state index contributed by atoms with van der Waals surface area (Å²) in [5.41, 5.74) is 4.05. The molecule has 0 aliphatic heterocycles. The van der Waals surface area contributed by atoms with Crippen LogP contribution in [0.5, 0.6) is 0 Å². The fourth-order valence-corrected chi connectivity index (χ4v) is 2.61. The number of H-pyrrole nitrogens is 1. The first kappa shape index (κ1) is 12.4. The Kier molecular flexibility index (Phi) is 2.89. The van der Waals surface area contributed by atoms with Gasteiger partial charge in [0, 0.05) is 15.6 Å². The summed E-state index contributed by atoms with van der Waals surface area (Å²) < 4.78 is 6.49. The molecule has 2 aromatic carbocycles. The molecule has 102 valence electrons. The maximum absolute atomic E-state index is 5.43. The number of nitrogens with one attached hydrogen (secondary N) is 1. The van der Waals surface area contributed by atoms with Crippen molar-refractivity contribution in [2.24, 2.45) is 0 Å². The van der Waals surface area contributed by atoms with Crippen molar-refractivity contribution in [1.82, 2.24) is 9.97 Å². The Labute approximate surface area is 129 Å². The number of fused-ring (bicyclic) bond motifs is 1. The summed E-state index contributed by atoms with van der Waals surface area (Å²) in [6.07, 6.45) is 1.68. The highest BCUT2D eigenvalue weighted by molar-refractivity contribution is 9.10. The molecule has 4 rings (SSSR count). The third-order valence-corrected chi connectivity index (χ3v) is 3.93. The van der Waals surface area contributed by atoms with Crippen LogP contribution in [0.1, 0.15) is 0 Å². The fraction of sp³-hybridized carbons (Fsp3) is 0. The van der Waals surface area contributed by atoms with Gasteiger partial charge in [0.15, 0.2) is 0 Å². The number of benzene rings is 2. The zero-order valence-electron chi connectivity index (χ0n) is 11.0. The molecule has 0 bridgehead atoms. The molecule has 4 heteroatoms. The summed E-state index contributed by atoms with van der Waals surface area (Å²) in [5.74, 6) is 1.73. The molecule has 0 amide bonds. The SMILES string of the molecule is Brc1ccc(-c2nc3ccc(-c4ccco4)cc3[nH]2)cc1. The maximum atomic E-state index is 5.43. The third kappa shape index (κ3) is 2.28. The smallest absolute Gasteiger partial charge is 0.138 e. The molecule has 0 atom stereocenters. The lowest BCUT2D eigenvalue weighted by Gasteiger charge is -1.96. The summed E-state index contributed by atoms with van der Waals surface area (Å²) in [5, 5.41) is 0. The second-order valence-electron chi connectivity index (χ2n) is 4.80. The van der Waals surface area contributed by atoms with Crippen molar-refractivity contribution in [2.75, 3.05) is 0 Å². The highest BCUT2D eigenvalue weighted by Gasteiger charge is 2.07. The number of hydrogen-bond acceptors (Lipinski definition) is 2. The maximum Gasteiger partial charge on any atom is 0.138 e. The van der Waals surface area contributed by atoms with Crippen molar-refractivity contribution >= 4 is 27.0 Å². The summed E-state index contributed by atoms with van der Waals surface area (Å²) in [4.78, 5) is 8.00. The van der Waals surface area contributed by atoms with Crippen LogP contribution in [0.2, 0.25) is 0 Å². The molecule has 0 radical (unpaired) electrons. The van der Waals surface area contributed by atoms with E-state index in [1.54, 1.807) is 6.26 Å². The molecule has 0 unspecified atom stereocenters. The number of aromatic nitrogens is 2. The standard InChI is InChI=1S/C17H11BrN2O/c18-13-6-3-11(4-7-13)17-19-14-8-5-12(10-15(14)20-17)16-2-1-9-21-16/h1-10H,(H,19,20). The second kappa shape index (κ2) is 4.90. The highest BCUT2D eigenvalue weighted by Crippen LogP contribution is 2.26. The number of aromatic amines is 1. The minimum absolute atomic E-state index is 0.858. The van der Waals surface area contributed by atoms with Crippen LogP contribution >= 0.6 is 15.9 Å². The van der Waals surface area contributed by atoms with Gasteiger partial charge in [-0.2, -0.15) is 0 Å². The first-order chi connectivity index (χ1) is 10.3. The Morgan fingerprint density at radius 1 is 0.952 bits per heavy atom.